The molecule has 0 unspecified atom stereocenters. The van der Waals surface area contributed by atoms with Gasteiger partial charge in [-0.2, -0.15) is 0 Å². The van der Waals surface area contributed by atoms with Gasteiger partial charge in [-0.3, -0.25) is 4.79 Å². The molecule has 6 heteroatoms. The van der Waals surface area contributed by atoms with Crippen LogP contribution in [0.5, 0.6) is 0 Å². The fraction of sp³-hybridized carbons (Fsp3) is 0.970. The van der Waals surface area contributed by atoms with Gasteiger partial charge in [-0.25, -0.2) is 0 Å². The number of alkyl halides is 1. The third-order valence-electron chi connectivity index (χ3n) is 13.6. The summed E-state index contributed by atoms with van der Waals surface area (Å²) in [4.78, 5) is 12.6. The summed E-state index contributed by atoms with van der Waals surface area (Å²) in [7, 11) is 1.74. The van der Waals surface area contributed by atoms with Gasteiger partial charge in [-0.05, 0) is 124 Å². The van der Waals surface area contributed by atoms with Crippen LogP contribution in [0.25, 0.3) is 0 Å². The highest BCUT2D eigenvalue weighted by atomic mass is 35.5. The minimum Gasteiger partial charge on any atom is -0.458 e. The van der Waals surface area contributed by atoms with E-state index < -0.39 is 11.7 Å². The Kier molecular flexibility index (Phi) is 8.44. The Balaban J connectivity index is 1.67. The first-order valence-electron chi connectivity index (χ1n) is 15.6. The summed E-state index contributed by atoms with van der Waals surface area (Å²) >= 11 is 5.95. The molecular formula is C33H57ClO5. The first-order valence-corrected chi connectivity index (χ1v) is 16.1. The second kappa shape index (κ2) is 10.4. The summed E-state index contributed by atoms with van der Waals surface area (Å²) in [5.41, 5.74) is -0.885. The Labute approximate surface area is 243 Å². The molecule has 4 rings (SSSR count). The van der Waals surface area contributed by atoms with Crippen LogP contribution >= 0.6 is 11.6 Å². The molecule has 2 N–H and O–H groups in total. The lowest BCUT2D eigenvalue weighted by Gasteiger charge is -2.70. The van der Waals surface area contributed by atoms with Crippen molar-refractivity contribution >= 4 is 17.6 Å². The molecule has 0 aromatic carbocycles. The zero-order valence-corrected chi connectivity index (χ0v) is 27.0. The van der Waals surface area contributed by atoms with Gasteiger partial charge in [0.25, 0.3) is 0 Å². The number of esters is 1. The van der Waals surface area contributed by atoms with Gasteiger partial charge in [0, 0.05) is 13.0 Å². The van der Waals surface area contributed by atoms with E-state index in [4.69, 9.17) is 21.1 Å². The van der Waals surface area contributed by atoms with Crippen molar-refractivity contribution in [2.75, 3.05) is 13.0 Å². The fourth-order valence-electron chi connectivity index (χ4n) is 11.0. The Morgan fingerprint density at radius 1 is 0.923 bits per heavy atom. The normalized spacial score (nSPS) is 45.0. The quantitative estimate of drug-likeness (QED) is 0.240. The fourth-order valence-corrected chi connectivity index (χ4v) is 11.1. The molecule has 0 heterocycles. The molecule has 10 atom stereocenters. The second-order valence-electron chi connectivity index (χ2n) is 16.1. The smallest absolute Gasteiger partial charge is 0.321 e. The van der Waals surface area contributed by atoms with Gasteiger partial charge in [0.2, 0.25) is 0 Å². The van der Waals surface area contributed by atoms with Crippen molar-refractivity contribution in [3.8, 4) is 0 Å². The minimum absolute atomic E-state index is 0.0470. The topological polar surface area (TPSA) is 76.0 Å². The Bertz CT molecular complexity index is 920. The monoisotopic (exact) mass is 568 g/mol. The van der Waals surface area contributed by atoms with E-state index in [1.54, 1.807) is 7.11 Å². The molecule has 0 bridgehead atoms. The van der Waals surface area contributed by atoms with Crippen molar-refractivity contribution in [2.45, 2.75) is 143 Å². The first-order chi connectivity index (χ1) is 17.9. The number of methoxy groups -OCH3 is 1. The number of carbonyl (C=O) groups excluding carboxylic acids is 1. The molecule has 0 saturated heterocycles. The molecule has 0 spiro atoms. The standard InChI is InChI=1S/C33H57ClO5/c1-28(2,38-9)14-10-15-33(8,39-26(37)20-34)21-11-17-32(7)27(21)22(35)19-24-30(5)16-13-25(36)29(3,4)23(30)12-18-31(24,32)6/h21-25,27,35-36H,10-20H2,1-9H3/t21-,22+,23-,24+,25-,27-,30-,31+,32+,33+/m0/s1. The molecule has 0 radical (unpaired) electrons. The number of aliphatic hydroxyl groups is 2. The van der Waals surface area contributed by atoms with Crippen molar-refractivity contribution in [1.29, 1.82) is 0 Å². The maximum atomic E-state index is 12.6. The predicted molar refractivity (Wildman–Crippen MR) is 157 cm³/mol. The summed E-state index contributed by atoms with van der Waals surface area (Å²) in [6, 6.07) is 0. The summed E-state index contributed by atoms with van der Waals surface area (Å²) < 4.78 is 11.9. The van der Waals surface area contributed by atoms with Crippen LogP contribution < -0.4 is 0 Å². The number of carbonyl (C=O) groups is 1. The van der Waals surface area contributed by atoms with Crippen LogP contribution in [0.2, 0.25) is 0 Å². The number of ether oxygens (including phenoxy) is 2. The third-order valence-corrected chi connectivity index (χ3v) is 13.8. The van der Waals surface area contributed by atoms with Crippen molar-refractivity contribution < 1.29 is 24.5 Å². The van der Waals surface area contributed by atoms with Gasteiger partial charge in [0.1, 0.15) is 11.5 Å². The van der Waals surface area contributed by atoms with Gasteiger partial charge in [-0.15, -0.1) is 11.6 Å². The number of rotatable bonds is 8. The lowest BCUT2D eigenvalue weighted by Crippen LogP contribution is -2.66. The molecule has 0 aromatic heterocycles. The van der Waals surface area contributed by atoms with Crippen molar-refractivity contribution in [1.82, 2.24) is 0 Å². The van der Waals surface area contributed by atoms with Crippen LogP contribution in [0.4, 0.5) is 0 Å². The molecule has 0 aliphatic heterocycles. The van der Waals surface area contributed by atoms with Gasteiger partial charge < -0.3 is 19.7 Å². The summed E-state index contributed by atoms with van der Waals surface area (Å²) in [6.45, 7) is 18.2. The summed E-state index contributed by atoms with van der Waals surface area (Å²) in [6.07, 6.45) is 8.69. The summed E-state index contributed by atoms with van der Waals surface area (Å²) in [5.74, 6) is 0.495. The number of hydrogen-bond donors (Lipinski definition) is 2. The third kappa shape index (κ3) is 4.91. The van der Waals surface area contributed by atoms with Gasteiger partial charge >= 0.3 is 5.97 Å². The van der Waals surface area contributed by atoms with Crippen LogP contribution in [0.15, 0.2) is 0 Å². The SMILES string of the molecule is COC(C)(C)CCC[C@@](C)(OC(=O)CCl)[C@H]1CC[C@]2(C)[C@@H]1[C@H](O)C[C@@H]1[C@@]3(C)CC[C@H](O)C(C)(C)[C@@H]3CC[C@]12C. The maximum Gasteiger partial charge on any atom is 0.321 e. The van der Waals surface area contributed by atoms with Crippen LogP contribution in [0.1, 0.15) is 120 Å². The Hall–Kier alpha value is -0.360. The summed E-state index contributed by atoms with van der Waals surface area (Å²) in [5, 5.41) is 23.0. The molecule has 5 nitrogen and oxygen atoms in total. The Morgan fingerprint density at radius 2 is 1.56 bits per heavy atom. The lowest BCUT2D eigenvalue weighted by atomic mass is 9.35. The van der Waals surface area contributed by atoms with Gasteiger partial charge in [-0.1, -0.05) is 34.6 Å². The van der Waals surface area contributed by atoms with E-state index in [0.29, 0.717) is 11.8 Å². The molecule has 0 amide bonds. The lowest BCUT2D eigenvalue weighted by molar-refractivity contribution is -0.247. The zero-order chi connectivity index (χ0) is 29.2. The molecular weight excluding hydrogens is 512 g/mol. The Morgan fingerprint density at radius 3 is 2.18 bits per heavy atom. The van der Waals surface area contributed by atoms with E-state index in [1.807, 2.05) is 0 Å². The van der Waals surface area contributed by atoms with Gasteiger partial charge in [0.15, 0.2) is 0 Å². The maximum absolute atomic E-state index is 12.6. The van der Waals surface area contributed by atoms with E-state index in [-0.39, 0.29) is 57.1 Å². The van der Waals surface area contributed by atoms with Crippen LogP contribution in [0, 0.1) is 45.3 Å². The molecule has 4 saturated carbocycles. The largest absolute Gasteiger partial charge is 0.458 e. The number of fused-ring (bicyclic) bond motifs is 5. The second-order valence-corrected chi connectivity index (χ2v) is 16.3. The van der Waals surface area contributed by atoms with E-state index in [2.05, 4.69) is 55.4 Å². The number of hydrogen-bond acceptors (Lipinski definition) is 5. The molecule has 39 heavy (non-hydrogen) atoms. The van der Waals surface area contributed by atoms with Crippen molar-refractivity contribution in [2.24, 2.45) is 45.3 Å². The van der Waals surface area contributed by atoms with E-state index in [9.17, 15) is 15.0 Å². The molecule has 4 fully saturated rings. The number of aliphatic hydroxyl groups excluding tert-OH is 2. The average Bonchev–Trinajstić information content (AvgIpc) is 3.24. The zero-order valence-electron chi connectivity index (χ0n) is 26.2. The van der Waals surface area contributed by atoms with Crippen LogP contribution in [-0.2, 0) is 14.3 Å². The minimum atomic E-state index is -0.680. The van der Waals surface area contributed by atoms with Crippen molar-refractivity contribution in [3.05, 3.63) is 0 Å². The van der Waals surface area contributed by atoms with E-state index in [0.717, 1.165) is 64.2 Å². The van der Waals surface area contributed by atoms with Crippen LogP contribution in [-0.4, -0.2) is 52.6 Å². The molecule has 226 valence electrons. The van der Waals surface area contributed by atoms with E-state index >= 15 is 0 Å². The molecule has 0 aromatic rings. The van der Waals surface area contributed by atoms with E-state index in [1.165, 1.54) is 0 Å². The highest BCUT2D eigenvalue weighted by molar-refractivity contribution is 6.26. The highest BCUT2D eigenvalue weighted by Gasteiger charge is 2.71. The number of halogens is 1. The predicted octanol–water partition coefficient (Wildman–Crippen LogP) is 7.14. The highest BCUT2D eigenvalue weighted by Crippen LogP contribution is 2.76. The van der Waals surface area contributed by atoms with Crippen molar-refractivity contribution in [3.63, 3.8) is 0 Å². The van der Waals surface area contributed by atoms with Crippen LogP contribution in [0.3, 0.4) is 0 Å². The van der Waals surface area contributed by atoms with Gasteiger partial charge in [0.05, 0.1) is 17.8 Å². The average molecular weight is 569 g/mol. The molecule has 4 aliphatic carbocycles. The molecule has 4 aliphatic rings. The first kappa shape index (κ1) is 31.6.